The quantitative estimate of drug-likeness (QED) is 0.244. The van der Waals surface area contributed by atoms with Crippen molar-refractivity contribution in [3.05, 3.63) is 59.9 Å². The van der Waals surface area contributed by atoms with Crippen molar-refractivity contribution in [2.24, 2.45) is 16.0 Å². The predicted molar refractivity (Wildman–Crippen MR) is 138 cm³/mol. The number of hydrogen-bond acceptors (Lipinski definition) is 4. The van der Waals surface area contributed by atoms with Gasteiger partial charge in [-0.15, -0.1) is 0 Å². The maximum atomic E-state index is 12.7. The summed E-state index contributed by atoms with van der Waals surface area (Å²) in [6.45, 7) is 14.6. The van der Waals surface area contributed by atoms with E-state index in [1.54, 1.807) is 26.0 Å². The zero-order valence-corrected chi connectivity index (χ0v) is 21.4. The van der Waals surface area contributed by atoms with Crippen LogP contribution in [0.25, 0.3) is 0 Å². The van der Waals surface area contributed by atoms with Gasteiger partial charge in [0.1, 0.15) is 5.78 Å². The van der Waals surface area contributed by atoms with E-state index >= 15 is 0 Å². The lowest BCUT2D eigenvalue weighted by Gasteiger charge is -2.16. The molecule has 1 aliphatic rings. The third-order valence-corrected chi connectivity index (χ3v) is 5.11. The van der Waals surface area contributed by atoms with Crippen molar-refractivity contribution in [2.75, 3.05) is 0 Å². The Morgan fingerprint density at radius 2 is 1.94 bits per heavy atom. The Labute approximate surface area is 203 Å². The van der Waals surface area contributed by atoms with Gasteiger partial charge in [0.05, 0.1) is 11.3 Å². The number of rotatable bonds is 11. The Hall–Kier alpha value is -2.70. The average Bonchev–Trinajstić information content (AvgIpc) is 3.22. The van der Waals surface area contributed by atoms with Crippen molar-refractivity contribution in [1.29, 1.82) is 0 Å². The van der Waals surface area contributed by atoms with E-state index in [2.05, 4.69) is 35.1 Å². The Bertz CT molecular complexity index is 831. The first kappa shape index (κ1) is 31.3. The second kappa shape index (κ2) is 16.8. The normalized spacial score (nSPS) is 18.4. The number of allylic oxidation sites excluding steroid dienone is 9. The summed E-state index contributed by atoms with van der Waals surface area (Å²) in [7, 11) is 0. The molecule has 0 aliphatic carbocycles. The highest BCUT2D eigenvalue weighted by molar-refractivity contribution is 6.03. The van der Waals surface area contributed by atoms with Gasteiger partial charge in [0.2, 0.25) is 0 Å². The number of nitrogens with zero attached hydrogens (tertiary/aromatic N) is 2. The molecular weight excluding hydrogens is 439 g/mol. The molecule has 0 fully saturated rings. The van der Waals surface area contributed by atoms with Crippen LogP contribution in [-0.2, 0) is 4.79 Å². The predicted octanol–water partition coefficient (Wildman–Crippen LogP) is 7.67. The van der Waals surface area contributed by atoms with Crippen LogP contribution in [0.15, 0.2) is 70.0 Å². The molecule has 7 heteroatoms. The second-order valence-electron chi connectivity index (χ2n) is 7.95. The highest BCUT2D eigenvalue weighted by Crippen LogP contribution is 2.27. The highest BCUT2D eigenvalue weighted by Gasteiger charge is 2.31. The molecule has 0 aromatic heterocycles. The van der Waals surface area contributed by atoms with E-state index in [-0.39, 0.29) is 11.7 Å². The van der Waals surface area contributed by atoms with Gasteiger partial charge in [-0.3, -0.25) is 9.79 Å². The molecule has 0 saturated carbocycles. The minimum absolute atomic E-state index is 0.102. The fraction of sp³-hybridized carbons (Fsp3) is 0.519. The van der Waals surface area contributed by atoms with Crippen molar-refractivity contribution in [3.63, 3.8) is 0 Å². The van der Waals surface area contributed by atoms with E-state index in [1.807, 2.05) is 26.0 Å². The van der Waals surface area contributed by atoms with Crippen LogP contribution in [-0.4, -0.2) is 29.9 Å². The molecule has 0 bridgehead atoms. The number of carbonyl (C=O) groups is 1. The van der Waals surface area contributed by atoms with Gasteiger partial charge in [0, 0.05) is 43.1 Å². The number of alkyl halides is 3. The van der Waals surface area contributed by atoms with E-state index in [0.717, 1.165) is 42.8 Å². The molecule has 34 heavy (non-hydrogen) atoms. The molecule has 190 valence electrons. The van der Waals surface area contributed by atoms with Gasteiger partial charge in [-0.2, -0.15) is 18.3 Å². The van der Waals surface area contributed by atoms with Crippen LogP contribution in [0.2, 0.25) is 0 Å². The highest BCUT2D eigenvalue weighted by atomic mass is 19.4. The van der Waals surface area contributed by atoms with Gasteiger partial charge in [0.25, 0.3) is 0 Å². The third-order valence-electron chi connectivity index (χ3n) is 5.11. The second-order valence-corrected chi connectivity index (χ2v) is 7.95. The Kier molecular flexibility index (Phi) is 15.5. The summed E-state index contributed by atoms with van der Waals surface area (Å²) in [4.78, 5) is 15.6. The molecule has 2 unspecified atom stereocenters. The minimum atomic E-state index is -4.41. The molecule has 2 atom stereocenters. The number of Topliss-reactive ketones (excluding diaryl/α,β-unsaturated/α-hetero) is 1. The van der Waals surface area contributed by atoms with Crippen LogP contribution in [0.3, 0.4) is 0 Å². The van der Waals surface area contributed by atoms with E-state index in [1.165, 1.54) is 6.92 Å². The number of nitrogens with one attached hydrogen (secondary N) is 1. The molecule has 4 nitrogen and oxygen atoms in total. The van der Waals surface area contributed by atoms with Crippen molar-refractivity contribution >= 4 is 17.7 Å². The molecule has 0 aromatic rings. The molecule has 1 rings (SSSR count). The average molecular weight is 480 g/mol. The van der Waals surface area contributed by atoms with E-state index in [4.69, 9.17) is 0 Å². The molecular formula is C27H40F3N3O. The van der Waals surface area contributed by atoms with E-state index in [0.29, 0.717) is 24.6 Å². The first-order valence-corrected chi connectivity index (χ1v) is 11.8. The smallest absolute Gasteiger partial charge is 0.307 e. The van der Waals surface area contributed by atoms with Crippen molar-refractivity contribution in [3.8, 4) is 0 Å². The minimum Gasteiger partial charge on any atom is -0.307 e. The van der Waals surface area contributed by atoms with Crippen molar-refractivity contribution in [1.82, 2.24) is 5.43 Å². The number of hydrazone groups is 1. The molecule has 1 aliphatic heterocycles. The summed E-state index contributed by atoms with van der Waals surface area (Å²) in [6, 6.07) is 0.452. The van der Waals surface area contributed by atoms with Crippen molar-refractivity contribution in [2.45, 2.75) is 85.9 Å². The monoisotopic (exact) mass is 479 g/mol. The summed E-state index contributed by atoms with van der Waals surface area (Å²) >= 11 is 0. The summed E-state index contributed by atoms with van der Waals surface area (Å²) in [5.41, 5.74) is 5.07. The summed E-state index contributed by atoms with van der Waals surface area (Å²) in [5.74, 6) is -0.0138. The van der Waals surface area contributed by atoms with Gasteiger partial charge in [-0.05, 0) is 39.7 Å². The standard InChI is InChI=1S/C16H24F3NO.C11H16N2/c1-5-9-12(10-14(21)7-3)15(8-4)20-11-13(6-2)16(17,18)19;1-4-6-10(7-5-2)11-8-9(3)12-13-11/h6,8,11-12H,5,7,9-10H2,1-4H3;4-7,9,12H,1,8H2,2-3H3/b13-6+,15-8-,20-11+;7-5-,10-6+. The van der Waals surface area contributed by atoms with Crippen LogP contribution < -0.4 is 5.43 Å². The maximum absolute atomic E-state index is 12.7. The molecule has 0 radical (unpaired) electrons. The Balaban J connectivity index is 0.000000712. The molecule has 0 amide bonds. The van der Waals surface area contributed by atoms with Crippen molar-refractivity contribution < 1.29 is 18.0 Å². The number of aliphatic imine (C=N–C) groups is 1. The number of carbonyl (C=O) groups excluding carboxylic acids is 1. The van der Waals surface area contributed by atoms with Gasteiger partial charge in [0.15, 0.2) is 0 Å². The topological polar surface area (TPSA) is 53.8 Å². The lowest BCUT2D eigenvalue weighted by atomic mass is 9.93. The van der Waals surface area contributed by atoms with Crippen LogP contribution in [0, 0.1) is 5.92 Å². The lowest BCUT2D eigenvalue weighted by Crippen LogP contribution is -2.14. The third kappa shape index (κ3) is 12.0. The summed E-state index contributed by atoms with van der Waals surface area (Å²) < 4.78 is 38.0. The fourth-order valence-corrected chi connectivity index (χ4v) is 3.30. The summed E-state index contributed by atoms with van der Waals surface area (Å²) in [5, 5.41) is 4.25. The first-order valence-electron chi connectivity index (χ1n) is 11.8. The zero-order valence-electron chi connectivity index (χ0n) is 21.4. The summed E-state index contributed by atoms with van der Waals surface area (Å²) in [6.07, 6.45) is 10.3. The zero-order chi connectivity index (χ0) is 26.1. The number of halogens is 3. The number of ketones is 1. The van der Waals surface area contributed by atoms with Gasteiger partial charge >= 0.3 is 6.18 Å². The Morgan fingerprint density at radius 3 is 2.35 bits per heavy atom. The van der Waals surface area contributed by atoms with Crippen LogP contribution in [0.1, 0.15) is 73.6 Å². The molecule has 0 saturated heterocycles. The molecule has 0 aromatic carbocycles. The SMILES string of the molecule is C=C/C=C(\C=C/C)C1=NNC(C)C1.C\C=C(/N=C/C(=C\C)C(F)(F)F)C(CCC)CC(=O)CC. The van der Waals surface area contributed by atoms with Crippen LogP contribution in [0.5, 0.6) is 0 Å². The van der Waals surface area contributed by atoms with Gasteiger partial charge in [-0.25, -0.2) is 0 Å². The van der Waals surface area contributed by atoms with Crippen LogP contribution in [0.4, 0.5) is 13.2 Å². The maximum Gasteiger partial charge on any atom is 0.417 e. The van der Waals surface area contributed by atoms with Crippen LogP contribution >= 0.6 is 0 Å². The first-order chi connectivity index (χ1) is 16.1. The molecule has 1 heterocycles. The molecule has 1 N–H and O–H groups in total. The van der Waals surface area contributed by atoms with E-state index in [9.17, 15) is 18.0 Å². The van der Waals surface area contributed by atoms with E-state index < -0.39 is 11.7 Å². The van der Waals surface area contributed by atoms with Gasteiger partial charge < -0.3 is 5.43 Å². The van der Waals surface area contributed by atoms with Gasteiger partial charge in [-0.1, -0.05) is 63.3 Å². The largest absolute Gasteiger partial charge is 0.417 e. The lowest BCUT2D eigenvalue weighted by molar-refractivity contribution is -0.119. The molecule has 0 spiro atoms. The Morgan fingerprint density at radius 1 is 1.26 bits per heavy atom. The fourth-order valence-electron chi connectivity index (χ4n) is 3.30. The number of hydrogen-bond donors (Lipinski definition) is 1.